The average molecular weight is 389 g/mol. The summed E-state index contributed by atoms with van der Waals surface area (Å²) in [4.78, 5) is 36.7. The molecule has 0 fully saturated rings. The number of rotatable bonds is 10. The van der Waals surface area contributed by atoms with Crippen LogP contribution in [0.1, 0.15) is 56.0 Å². The third kappa shape index (κ3) is 7.55. The molecule has 0 bridgehead atoms. The van der Waals surface area contributed by atoms with Gasteiger partial charge in [-0.3, -0.25) is 14.4 Å². The molecule has 28 heavy (non-hydrogen) atoms. The number of carboxylic acid groups (broad SMARTS) is 1. The molecule has 1 aromatic carbocycles. The van der Waals surface area contributed by atoms with E-state index in [-0.39, 0.29) is 23.8 Å². The zero-order valence-corrected chi connectivity index (χ0v) is 17.4. The topological polar surface area (TPSA) is 86.7 Å². The summed E-state index contributed by atoms with van der Waals surface area (Å²) in [5, 5.41) is 12.0. The van der Waals surface area contributed by atoms with Crippen molar-refractivity contribution < 1.29 is 19.5 Å². The van der Waals surface area contributed by atoms with Crippen LogP contribution in [0.4, 0.5) is 0 Å². The van der Waals surface area contributed by atoms with Gasteiger partial charge in [-0.1, -0.05) is 38.1 Å². The zero-order chi connectivity index (χ0) is 21.3. The van der Waals surface area contributed by atoms with Crippen molar-refractivity contribution in [2.75, 3.05) is 14.1 Å². The van der Waals surface area contributed by atoms with Crippen molar-refractivity contribution in [1.82, 2.24) is 10.2 Å². The van der Waals surface area contributed by atoms with E-state index in [0.29, 0.717) is 12.0 Å². The van der Waals surface area contributed by atoms with E-state index in [1.54, 1.807) is 38.1 Å². The van der Waals surface area contributed by atoms with Crippen molar-refractivity contribution in [1.29, 1.82) is 0 Å². The van der Waals surface area contributed by atoms with E-state index in [1.165, 1.54) is 0 Å². The highest BCUT2D eigenvalue weighted by molar-refractivity contribution is 5.95. The van der Waals surface area contributed by atoms with Gasteiger partial charge < -0.3 is 15.3 Å². The first-order chi connectivity index (χ1) is 13.1. The Kier molecular flexibility index (Phi) is 9.42. The van der Waals surface area contributed by atoms with Gasteiger partial charge in [-0.15, -0.1) is 0 Å². The minimum absolute atomic E-state index is 0.118. The minimum atomic E-state index is -0.868. The number of carboxylic acids is 1. The summed E-state index contributed by atoms with van der Waals surface area (Å²) in [5.41, 5.74) is 1.44. The van der Waals surface area contributed by atoms with Crippen LogP contribution in [-0.4, -0.2) is 47.9 Å². The first-order valence-corrected chi connectivity index (χ1v) is 9.64. The number of allylic oxidation sites excluding steroid dienone is 1. The third-order valence-electron chi connectivity index (χ3n) is 5.04. The van der Waals surface area contributed by atoms with Crippen LogP contribution in [0.5, 0.6) is 0 Å². The van der Waals surface area contributed by atoms with Crippen molar-refractivity contribution in [3.8, 4) is 0 Å². The smallest absolute Gasteiger partial charge is 0.306 e. The Morgan fingerprint density at radius 1 is 1.18 bits per heavy atom. The fraction of sp³-hybridized carbons (Fsp3) is 0.500. The van der Waals surface area contributed by atoms with Crippen molar-refractivity contribution in [2.45, 2.75) is 46.1 Å². The second-order valence-corrected chi connectivity index (χ2v) is 7.46. The molecule has 6 heteroatoms. The van der Waals surface area contributed by atoms with Crippen LogP contribution in [0.25, 0.3) is 6.08 Å². The summed E-state index contributed by atoms with van der Waals surface area (Å²) >= 11 is 0. The summed E-state index contributed by atoms with van der Waals surface area (Å²) < 4.78 is 0. The van der Waals surface area contributed by atoms with Gasteiger partial charge in [-0.05, 0) is 43.4 Å². The predicted octanol–water partition coefficient (Wildman–Crippen LogP) is 3.43. The molecule has 0 saturated carbocycles. The maximum Gasteiger partial charge on any atom is 0.306 e. The number of hydrogen-bond acceptors (Lipinski definition) is 3. The molecule has 2 unspecified atom stereocenters. The number of aliphatic carboxylic acids is 1. The van der Waals surface area contributed by atoms with Crippen molar-refractivity contribution in [3.63, 3.8) is 0 Å². The highest BCUT2D eigenvalue weighted by atomic mass is 16.4. The van der Waals surface area contributed by atoms with Gasteiger partial charge in [0.1, 0.15) is 0 Å². The van der Waals surface area contributed by atoms with Crippen LogP contribution in [0, 0.1) is 11.8 Å². The van der Waals surface area contributed by atoms with E-state index in [4.69, 9.17) is 5.11 Å². The van der Waals surface area contributed by atoms with Crippen LogP contribution < -0.4 is 5.32 Å². The monoisotopic (exact) mass is 388 g/mol. The third-order valence-corrected chi connectivity index (χ3v) is 5.04. The molecule has 2 N–H and O–H groups in total. The van der Waals surface area contributed by atoms with Gasteiger partial charge in [0.25, 0.3) is 5.91 Å². The molecule has 154 valence electrons. The van der Waals surface area contributed by atoms with E-state index < -0.39 is 11.9 Å². The summed E-state index contributed by atoms with van der Waals surface area (Å²) in [6, 6.07) is 7.01. The number of carbonyl (C=O) groups is 3. The van der Waals surface area contributed by atoms with E-state index >= 15 is 0 Å². The van der Waals surface area contributed by atoms with Crippen LogP contribution in [0.3, 0.4) is 0 Å². The normalized spacial score (nSPS) is 14.3. The summed E-state index contributed by atoms with van der Waals surface area (Å²) in [5.74, 6) is -1.69. The van der Waals surface area contributed by atoms with Crippen LogP contribution in [-0.2, 0) is 9.59 Å². The lowest BCUT2D eigenvalue weighted by atomic mass is 9.89. The maximum atomic E-state index is 12.5. The van der Waals surface area contributed by atoms with Gasteiger partial charge in [0.05, 0.1) is 5.92 Å². The number of hydrogen-bond donors (Lipinski definition) is 2. The molecule has 1 aromatic rings. The van der Waals surface area contributed by atoms with E-state index in [9.17, 15) is 14.4 Å². The molecule has 3 atom stereocenters. The Balaban J connectivity index is 2.61. The highest BCUT2D eigenvalue weighted by Crippen LogP contribution is 2.16. The molecule has 2 amide bonds. The van der Waals surface area contributed by atoms with Crippen LogP contribution in [0.2, 0.25) is 0 Å². The Labute approximate surface area is 167 Å². The zero-order valence-electron chi connectivity index (χ0n) is 17.4. The Hall–Kier alpha value is -2.63. The largest absolute Gasteiger partial charge is 0.481 e. The Morgan fingerprint density at radius 2 is 1.86 bits per heavy atom. The Bertz CT molecular complexity index is 712. The average Bonchev–Trinajstić information content (AvgIpc) is 2.66. The lowest BCUT2D eigenvalue weighted by Gasteiger charge is -2.24. The fourth-order valence-electron chi connectivity index (χ4n) is 2.68. The number of benzene rings is 1. The van der Waals surface area contributed by atoms with Crippen LogP contribution in [0.15, 0.2) is 30.3 Å². The molecule has 0 aliphatic heterocycles. The molecule has 0 aliphatic carbocycles. The molecule has 0 radical (unpaired) electrons. The second kappa shape index (κ2) is 11.3. The first-order valence-electron chi connectivity index (χ1n) is 9.64. The number of amides is 2. The molecule has 0 aliphatic rings. The second-order valence-electron chi connectivity index (χ2n) is 7.46. The highest BCUT2D eigenvalue weighted by Gasteiger charge is 2.25. The van der Waals surface area contributed by atoms with E-state index in [2.05, 4.69) is 5.32 Å². The molecule has 0 heterocycles. The molecule has 0 spiro atoms. The summed E-state index contributed by atoms with van der Waals surface area (Å²) in [6.45, 7) is 5.29. The van der Waals surface area contributed by atoms with Crippen molar-refractivity contribution in [2.24, 2.45) is 11.8 Å². The number of nitrogens with one attached hydrogen (secondary N) is 1. The number of carbonyl (C=O) groups excluding carboxylic acids is 2. The van der Waals surface area contributed by atoms with Gasteiger partial charge in [-0.2, -0.15) is 0 Å². The summed E-state index contributed by atoms with van der Waals surface area (Å²) in [6.07, 6.45) is 6.03. The van der Waals surface area contributed by atoms with Gasteiger partial charge in [-0.25, -0.2) is 0 Å². The number of unbranched alkanes of at least 4 members (excludes halogenated alkanes) is 1. The quantitative estimate of drug-likeness (QED) is 0.601. The minimum Gasteiger partial charge on any atom is -0.481 e. The lowest BCUT2D eigenvalue weighted by molar-refractivity contribution is -0.143. The lowest BCUT2D eigenvalue weighted by Crippen LogP contribution is -2.40. The fourth-order valence-corrected chi connectivity index (χ4v) is 2.68. The van der Waals surface area contributed by atoms with Gasteiger partial charge in [0.2, 0.25) is 5.91 Å². The standard InChI is InChI=1S/C22H32N2O4/c1-15(16(2)22(27)28)17(3)23-21(26)19-12-9-11-18(14-19)10-7-6-8-13-20(25)24(4)5/h7,9-12,14-17H,6,8,13H2,1-5H3,(H,23,26)(H,27,28)/b10-7-/t15-,16?,17?/m1/s1. The SMILES string of the molecule is CC(NC(=O)c1cccc(/C=C\CCCC(=O)N(C)C)c1)[C@H](C)C(C)C(=O)O. The van der Waals surface area contributed by atoms with Crippen molar-refractivity contribution in [3.05, 3.63) is 41.5 Å². The predicted molar refractivity (Wildman–Crippen MR) is 111 cm³/mol. The molecule has 6 nitrogen and oxygen atoms in total. The van der Waals surface area contributed by atoms with E-state index in [0.717, 1.165) is 18.4 Å². The maximum absolute atomic E-state index is 12.5. The molecule has 0 saturated heterocycles. The first kappa shape index (κ1) is 23.4. The molecule has 0 aromatic heterocycles. The molecular weight excluding hydrogens is 356 g/mol. The molecule has 1 rings (SSSR count). The van der Waals surface area contributed by atoms with Gasteiger partial charge >= 0.3 is 5.97 Å². The van der Waals surface area contributed by atoms with Gasteiger partial charge in [0.15, 0.2) is 0 Å². The van der Waals surface area contributed by atoms with E-state index in [1.807, 2.05) is 38.1 Å². The summed E-state index contributed by atoms with van der Waals surface area (Å²) in [7, 11) is 3.50. The Morgan fingerprint density at radius 3 is 2.46 bits per heavy atom. The van der Waals surface area contributed by atoms with Crippen LogP contribution >= 0.6 is 0 Å². The van der Waals surface area contributed by atoms with Crippen molar-refractivity contribution >= 4 is 23.9 Å². The van der Waals surface area contributed by atoms with Gasteiger partial charge in [0, 0.05) is 32.1 Å². The number of nitrogens with zero attached hydrogens (tertiary/aromatic N) is 1. The molecular formula is C22H32N2O4.